The first-order valence-electron chi connectivity index (χ1n) is 7.41. The van der Waals surface area contributed by atoms with Crippen molar-refractivity contribution in [1.29, 1.82) is 0 Å². The van der Waals surface area contributed by atoms with Gasteiger partial charge in [0.05, 0.1) is 12.1 Å². The molecule has 116 valence electrons. The summed E-state index contributed by atoms with van der Waals surface area (Å²) in [5, 5.41) is 12.7. The normalized spacial score (nSPS) is 18.4. The summed E-state index contributed by atoms with van der Waals surface area (Å²) >= 11 is 2.20. The number of aliphatic hydroxyl groups excluding tert-OH is 1. The first kappa shape index (κ1) is 16.7. The van der Waals surface area contributed by atoms with Crippen molar-refractivity contribution in [2.75, 3.05) is 24.1 Å². The Balaban J connectivity index is 1.87. The molecule has 21 heavy (non-hydrogen) atoms. The summed E-state index contributed by atoms with van der Waals surface area (Å²) in [5.74, 6) is 0.0509. The van der Waals surface area contributed by atoms with E-state index in [2.05, 4.69) is 57.1 Å². The highest BCUT2D eigenvalue weighted by molar-refractivity contribution is 14.1. The fraction of sp³-hybridized carbons (Fsp3) is 0.562. The average Bonchev–Trinajstić information content (AvgIpc) is 2.51. The summed E-state index contributed by atoms with van der Waals surface area (Å²) in [7, 11) is 0. The van der Waals surface area contributed by atoms with Crippen LogP contribution in [-0.2, 0) is 11.3 Å². The number of aliphatic hydroxyl groups is 1. The molecule has 1 aromatic rings. The molecule has 4 nitrogen and oxygen atoms in total. The molecular formula is C16H23IN2O2. The fourth-order valence-corrected chi connectivity index (χ4v) is 3.24. The lowest BCUT2D eigenvalue weighted by Gasteiger charge is -2.41. The largest absolute Gasteiger partial charge is 0.394 e. The molecule has 1 amide bonds. The molecule has 1 aliphatic rings. The van der Waals surface area contributed by atoms with Gasteiger partial charge >= 0.3 is 0 Å². The van der Waals surface area contributed by atoms with E-state index in [1.165, 1.54) is 5.56 Å². The van der Waals surface area contributed by atoms with Gasteiger partial charge in [-0.25, -0.2) is 0 Å². The summed E-state index contributed by atoms with van der Waals surface area (Å²) in [6, 6.07) is 10.4. The lowest BCUT2D eigenvalue weighted by Crippen LogP contribution is -2.57. The van der Waals surface area contributed by atoms with Crippen molar-refractivity contribution < 1.29 is 9.90 Å². The van der Waals surface area contributed by atoms with Crippen molar-refractivity contribution >= 4 is 28.5 Å². The highest BCUT2D eigenvalue weighted by Gasteiger charge is 2.35. The van der Waals surface area contributed by atoms with Crippen molar-refractivity contribution in [3.05, 3.63) is 35.9 Å². The highest BCUT2D eigenvalue weighted by atomic mass is 127. The molecule has 0 aromatic heterocycles. The standard InChI is InChI=1S/C16H23IN2O2/c17-9-6-15(21)18-16(13-20)7-10-19(11-8-16)12-14-4-2-1-3-5-14/h1-5,20H,6-13H2,(H,18,21). The van der Waals surface area contributed by atoms with Gasteiger partial charge in [0.2, 0.25) is 5.91 Å². The van der Waals surface area contributed by atoms with Gasteiger partial charge in [-0.2, -0.15) is 0 Å². The lowest BCUT2D eigenvalue weighted by atomic mass is 9.88. The molecule has 0 unspecified atom stereocenters. The molecule has 0 saturated carbocycles. The SMILES string of the molecule is O=C(CCI)NC1(CO)CCN(Cc2ccccc2)CC1. The van der Waals surface area contributed by atoms with Crippen LogP contribution in [-0.4, -0.2) is 45.6 Å². The Morgan fingerprint density at radius 3 is 2.52 bits per heavy atom. The lowest BCUT2D eigenvalue weighted by molar-refractivity contribution is -0.124. The number of halogens is 1. The maximum Gasteiger partial charge on any atom is 0.221 e. The van der Waals surface area contributed by atoms with Gasteiger partial charge in [0.15, 0.2) is 0 Å². The Labute approximate surface area is 140 Å². The van der Waals surface area contributed by atoms with E-state index < -0.39 is 5.54 Å². The van der Waals surface area contributed by atoms with E-state index in [4.69, 9.17) is 0 Å². The van der Waals surface area contributed by atoms with Crippen LogP contribution in [0.3, 0.4) is 0 Å². The van der Waals surface area contributed by atoms with Gasteiger partial charge in [0.1, 0.15) is 0 Å². The number of likely N-dealkylation sites (tertiary alicyclic amines) is 1. The third kappa shape index (κ3) is 4.93. The molecule has 1 saturated heterocycles. The van der Waals surface area contributed by atoms with Crippen LogP contribution in [0.25, 0.3) is 0 Å². The number of hydrogen-bond acceptors (Lipinski definition) is 3. The predicted octanol–water partition coefficient (Wildman–Crippen LogP) is 1.95. The number of alkyl halides is 1. The molecule has 1 heterocycles. The van der Waals surface area contributed by atoms with E-state index in [0.29, 0.717) is 6.42 Å². The third-order valence-corrected chi connectivity index (χ3v) is 4.63. The number of benzene rings is 1. The summed E-state index contributed by atoms with van der Waals surface area (Å²) in [4.78, 5) is 14.2. The number of nitrogens with zero attached hydrogens (tertiary/aromatic N) is 1. The van der Waals surface area contributed by atoms with Crippen molar-refractivity contribution in [3.63, 3.8) is 0 Å². The van der Waals surface area contributed by atoms with Crippen LogP contribution in [0.5, 0.6) is 0 Å². The van der Waals surface area contributed by atoms with E-state index >= 15 is 0 Å². The molecule has 5 heteroatoms. The smallest absolute Gasteiger partial charge is 0.221 e. The molecule has 2 N–H and O–H groups in total. The van der Waals surface area contributed by atoms with E-state index in [-0.39, 0.29) is 12.5 Å². The second-order valence-electron chi connectivity index (χ2n) is 5.69. The van der Waals surface area contributed by atoms with Crippen LogP contribution in [0.2, 0.25) is 0 Å². The van der Waals surface area contributed by atoms with Crippen molar-refractivity contribution in [1.82, 2.24) is 10.2 Å². The van der Waals surface area contributed by atoms with Gasteiger partial charge < -0.3 is 10.4 Å². The number of hydrogen-bond donors (Lipinski definition) is 2. The van der Waals surface area contributed by atoms with Crippen LogP contribution in [0, 0.1) is 0 Å². The second kappa shape index (κ2) is 8.10. The van der Waals surface area contributed by atoms with Crippen molar-refractivity contribution in [2.45, 2.75) is 31.3 Å². The number of piperidine rings is 1. The van der Waals surface area contributed by atoms with E-state index in [1.807, 2.05) is 6.07 Å². The van der Waals surface area contributed by atoms with Gasteiger partial charge in [-0.1, -0.05) is 52.9 Å². The molecule has 0 aliphatic carbocycles. The minimum absolute atomic E-state index is 0.0269. The van der Waals surface area contributed by atoms with Gasteiger partial charge in [0, 0.05) is 30.5 Å². The predicted molar refractivity (Wildman–Crippen MR) is 92.4 cm³/mol. The summed E-state index contributed by atoms with van der Waals surface area (Å²) in [6.07, 6.45) is 2.14. The Kier molecular flexibility index (Phi) is 6.44. The zero-order valence-corrected chi connectivity index (χ0v) is 14.4. The first-order valence-corrected chi connectivity index (χ1v) is 8.94. The zero-order valence-electron chi connectivity index (χ0n) is 12.2. The molecule has 0 radical (unpaired) electrons. The minimum atomic E-state index is -0.421. The Morgan fingerprint density at radius 1 is 1.29 bits per heavy atom. The average molecular weight is 402 g/mol. The summed E-state index contributed by atoms with van der Waals surface area (Å²) in [6.45, 7) is 2.77. The van der Waals surface area contributed by atoms with Crippen LogP contribution in [0.4, 0.5) is 0 Å². The third-order valence-electron chi connectivity index (χ3n) is 4.09. The van der Waals surface area contributed by atoms with Crippen molar-refractivity contribution in [2.24, 2.45) is 0 Å². The zero-order chi connectivity index (χ0) is 15.1. The van der Waals surface area contributed by atoms with Gasteiger partial charge in [-0.05, 0) is 18.4 Å². The molecule has 0 atom stereocenters. The van der Waals surface area contributed by atoms with Gasteiger partial charge in [-0.15, -0.1) is 0 Å². The number of carbonyl (C=O) groups is 1. The van der Waals surface area contributed by atoms with Gasteiger partial charge in [0.25, 0.3) is 0 Å². The molecule has 1 aromatic carbocycles. The maximum atomic E-state index is 11.8. The Hall–Kier alpha value is -0.660. The monoisotopic (exact) mass is 402 g/mol. The van der Waals surface area contributed by atoms with Crippen molar-refractivity contribution in [3.8, 4) is 0 Å². The highest BCUT2D eigenvalue weighted by Crippen LogP contribution is 2.23. The Morgan fingerprint density at radius 2 is 1.95 bits per heavy atom. The molecular weight excluding hydrogens is 379 g/mol. The topological polar surface area (TPSA) is 52.6 Å². The quantitative estimate of drug-likeness (QED) is 0.565. The van der Waals surface area contributed by atoms with E-state index in [9.17, 15) is 9.90 Å². The van der Waals surface area contributed by atoms with E-state index in [1.54, 1.807) is 0 Å². The molecule has 0 spiro atoms. The number of amides is 1. The molecule has 0 bridgehead atoms. The van der Waals surface area contributed by atoms with E-state index in [0.717, 1.165) is 36.9 Å². The minimum Gasteiger partial charge on any atom is -0.394 e. The van der Waals surface area contributed by atoms with Crippen LogP contribution < -0.4 is 5.32 Å². The second-order valence-corrected chi connectivity index (χ2v) is 6.77. The van der Waals surface area contributed by atoms with Gasteiger partial charge in [-0.3, -0.25) is 9.69 Å². The Bertz CT molecular complexity index is 445. The first-order chi connectivity index (χ1) is 10.2. The maximum absolute atomic E-state index is 11.8. The number of carbonyl (C=O) groups excluding carboxylic acids is 1. The van der Waals surface area contributed by atoms with Crippen LogP contribution >= 0.6 is 22.6 Å². The molecule has 1 aliphatic heterocycles. The fourth-order valence-electron chi connectivity index (χ4n) is 2.75. The molecule has 2 rings (SSSR count). The summed E-state index contributed by atoms with van der Waals surface area (Å²) < 4.78 is 0.811. The number of nitrogens with one attached hydrogen (secondary N) is 1. The van der Waals surface area contributed by atoms with Crippen LogP contribution in [0.15, 0.2) is 30.3 Å². The molecule has 1 fully saturated rings. The van der Waals surface area contributed by atoms with Crippen LogP contribution in [0.1, 0.15) is 24.8 Å². The number of rotatable bonds is 6. The summed E-state index contributed by atoms with van der Waals surface area (Å²) in [5.41, 5.74) is 0.888.